The molecule has 0 aliphatic heterocycles. The first-order valence-electron chi connectivity index (χ1n) is 6.35. The SMILES string of the molecule is CCCNCc1ccc(-c2ccc(Cl)cc2)cc1. The van der Waals surface area contributed by atoms with E-state index in [1.54, 1.807) is 0 Å². The fourth-order valence-electron chi connectivity index (χ4n) is 1.87. The second-order valence-corrected chi connectivity index (χ2v) is 4.82. The lowest BCUT2D eigenvalue weighted by Gasteiger charge is -2.06. The van der Waals surface area contributed by atoms with Crippen molar-refractivity contribution in [3.8, 4) is 11.1 Å². The van der Waals surface area contributed by atoms with Crippen molar-refractivity contribution in [3.05, 3.63) is 59.1 Å². The van der Waals surface area contributed by atoms with Crippen LogP contribution in [0.3, 0.4) is 0 Å². The average Bonchev–Trinajstić information content (AvgIpc) is 2.41. The van der Waals surface area contributed by atoms with Crippen LogP contribution in [0.4, 0.5) is 0 Å². The van der Waals surface area contributed by atoms with Gasteiger partial charge in [-0.2, -0.15) is 0 Å². The Hall–Kier alpha value is -1.31. The normalized spacial score (nSPS) is 10.6. The van der Waals surface area contributed by atoms with E-state index >= 15 is 0 Å². The highest BCUT2D eigenvalue weighted by atomic mass is 35.5. The minimum Gasteiger partial charge on any atom is -0.313 e. The summed E-state index contributed by atoms with van der Waals surface area (Å²) in [6.45, 7) is 4.18. The molecule has 0 heterocycles. The number of benzene rings is 2. The van der Waals surface area contributed by atoms with Gasteiger partial charge < -0.3 is 5.32 Å². The van der Waals surface area contributed by atoms with Crippen molar-refractivity contribution in [2.24, 2.45) is 0 Å². The lowest BCUT2D eigenvalue weighted by molar-refractivity contribution is 0.675. The molecule has 2 heteroatoms. The van der Waals surface area contributed by atoms with Crippen LogP contribution in [0.2, 0.25) is 5.02 Å². The molecule has 1 N–H and O–H groups in total. The molecular weight excluding hydrogens is 242 g/mol. The van der Waals surface area contributed by atoms with Crippen LogP contribution in [0.15, 0.2) is 48.5 Å². The van der Waals surface area contributed by atoms with E-state index in [9.17, 15) is 0 Å². The third-order valence-electron chi connectivity index (χ3n) is 2.89. The summed E-state index contributed by atoms with van der Waals surface area (Å²) in [6.07, 6.45) is 1.17. The molecule has 0 bridgehead atoms. The summed E-state index contributed by atoms with van der Waals surface area (Å²) in [5.74, 6) is 0. The summed E-state index contributed by atoms with van der Waals surface area (Å²) in [7, 11) is 0. The lowest BCUT2D eigenvalue weighted by atomic mass is 10.0. The van der Waals surface area contributed by atoms with Gasteiger partial charge in [-0.15, -0.1) is 0 Å². The molecule has 0 aliphatic rings. The molecule has 0 saturated heterocycles. The molecule has 0 radical (unpaired) electrons. The van der Waals surface area contributed by atoms with E-state index in [1.807, 2.05) is 24.3 Å². The second kappa shape index (κ2) is 6.58. The van der Waals surface area contributed by atoms with Crippen LogP contribution < -0.4 is 5.32 Å². The molecule has 1 nitrogen and oxygen atoms in total. The first-order valence-corrected chi connectivity index (χ1v) is 6.73. The number of hydrogen-bond donors (Lipinski definition) is 1. The maximum atomic E-state index is 5.89. The number of hydrogen-bond acceptors (Lipinski definition) is 1. The molecule has 2 aromatic rings. The minimum absolute atomic E-state index is 0.777. The van der Waals surface area contributed by atoms with Gasteiger partial charge in [-0.3, -0.25) is 0 Å². The molecule has 94 valence electrons. The molecule has 0 aromatic heterocycles. The summed E-state index contributed by atoms with van der Waals surface area (Å²) >= 11 is 5.89. The summed E-state index contributed by atoms with van der Waals surface area (Å²) in [6, 6.07) is 16.6. The highest BCUT2D eigenvalue weighted by Crippen LogP contribution is 2.21. The molecule has 18 heavy (non-hydrogen) atoms. The van der Waals surface area contributed by atoms with E-state index in [0.717, 1.165) is 18.1 Å². The Morgan fingerprint density at radius 3 is 2.00 bits per heavy atom. The Morgan fingerprint density at radius 2 is 1.44 bits per heavy atom. The van der Waals surface area contributed by atoms with Crippen molar-refractivity contribution >= 4 is 11.6 Å². The molecule has 2 rings (SSSR count). The third-order valence-corrected chi connectivity index (χ3v) is 3.14. The van der Waals surface area contributed by atoms with E-state index in [0.29, 0.717) is 0 Å². The molecule has 0 aliphatic carbocycles. The zero-order valence-electron chi connectivity index (χ0n) is 10.6. The van der Waals surface area contributed by atoms with E-state index in [4.69, 9.17) is 11.6 Å². The lowest BCUT2D eigenvalue weighted by Crippen LogP contribution is -2.13. The summed E-state index contributed by atoms with van der Waals surface area (Å²) in [4.78, 5) is 0. The van der Waals surface area contributed by atoms with Crippen molar-refractivity contribution in [3.63, 3.8) is 0 Å². The highest BCUT2D eigenvalue weighted by molar-refractivity contribution is 6.30. The third kappa shape index (κ3) is 3.59. The Kier molecular flexibility index (Phi) is 4.80. The molecule has 0 fully saturated rings. The highest BCUT2D eigenvalue weighted by Gasteiger charge is 1.98. The van der Waals surface area contributed by atoms with Crippen LogP contribution in [-0.4, -0.2) is 6.54 Å². The molecule has 0 amide bonds. The molecule has 0 atom stereocenters. The maximum absolute atomic E-state index is 5.89. The van der Waals surface area contributed by atoms with Gasteiger partial charge in [0.1, 0.15) is 0 Å². The van der Waals surface area contributed by atoms with Crippen LogP contribution in [0.1, 0.15) is 18.9 Å². The van der Waals surface area contributed by atoms with Crippen molar-refractivity contribution in [2.45, 2.75) is 19.9 Å². The largest absolute Gasteiger partial charge is 0.313 e. The Bertz CT molecular complexity index is 473. The van der Waals surface area contributed by atoms with Gasteiger partial charge >= 0.3 is 0 Å². The van der Waals surface area contributed by atoms with Gasteiger partial charge in [0, 0.05) is 11.6 Å². The molecule has 2 aromatic carbocycles. The second-order valence-electron chi connectivity index (χ2n) is 4.38. The molecule has 0 spiro atoms. The first-order chi connectivity index (χ1) is 8.79. The monoisotopic (exact) mass is 259 g/mol. The number of rotatable bonds is 5. The van der Waals surface area contributed by atoms with Gasteiger partial charge in [0.05, 0.1) is 0 Å². The maximum Gasteiger partial charge on any atom is 0.0406 e. The van der Waals surface area contributed by atoms with Gasteiger partial charge in [0.2, 0.25) is 0 Å². The van der Waals surface area contributed by atoms with Gasteiger partial charge in [-0.25, -0.2) is 0 Å². The van der Waals surface area contributed by atoms with Crippen LogP contribution in [0.25, 0.3) is 11.1 Å². The number of nitrogens with one attached hydrogen (secondary N) is 1. The van der Waals surface area contributed by atoms with Crippen LogP contribution >= 0.6 is 11.6 Å². The summed E-state index contributed by atoms with van der Waals surface area (Å²) < 4.78 is 0. The van der Waals surface area contributed by atoms with Gasteiger partial charge in [0.25, 0.3) is 0 Å². The van der Waals surface area contributed by atoms with E-state index < -0.39 is 0 Å². The van der Waals surface area contributed by atoms with E-state index in [-0.39, 0.29) is 0 Å². The Labute approximate surface area is 114 Å². The van der Waals surface area contributed by atoms with Gasteiger partial charge in [-0.1, -0.05) is 54.9 Å². The fraction of sp³-hybridized carbons (Fsp3) is 0.250. The fourth-order valence-corrected chi connectivity index (χ4v) is 1.99. The quantitative estimate of drug-likeness (QED) is 0.780. The number of halogens is 1. The van der Waals surface area contributed by atoms with Crippen molar-refractivity contribution in [2.75, 3.05) is 6.54 Å². The van der Waals surface area contributed by atoms with Crippen LogP contribution in [0.5, 0.6) is 0 Å². The van der Waals surface area contributed by atoms with Gasteiger partial charge in [0.15, 0.2) is 0 Å². The molecule has 0 saturated carbocycles. The zero-order chi connectivity index (χ0) is 12.8. The first kappa shape index (κ1) is 13.1. The molecule has 0 unspecified atom stereocenters. The van der Waals surface area contributed by atoms with Crippen molar-refractivity contribution in [1.29, 1.82) is 0 Å². The summed E-state index contributed by atoms with van der Waals surface area (Å²) in [5.41, 5.74) is 3.75. The predicted molar refractivity (Wildman–Crippen MR) is 78.9 cm³/mol. The van der Waals surface area contributed by atoms with E-state index in [2.05, 4.69) is 36.5 Å². The van der Waals surface area contributed by atoms with E-state index in [1.165, 1.54) is 23.1 Å². The van der Waals surface area contributed by atoms with Crippen molar-refractivity contribution in [1.82, 2.24) is 5.32 Å². The predicted octanol–water partition coefficient (Wildman–Crippen LogP) is 4.51. The molecular formula is C16H18ClN. The van der Waals surface area contributed by atoms with Gasteiger partial charge in [-0.05, 0) is 41.8 Å². The summed E-state index contributed by atoms with van der Waals surface area (Å²) in [5, 5.41) is 4.18. The topological polar surface area (TPSA) is 12.0 Å². The standard InChI is InChI=1S/C16H18ClN/c1-2-11-18-12-13-3-5-14(6-4-13)15-7-9-16(17)10-8-15/h3-10,18H,2,11-12H2,1H3. The van der Waals surface area contributed by atoms with Crippen LogP contribution in [-0.2, 0) is 6.54 Å². The van der Waals surface area contributed by atoms with Crippen LogP contribution in [0, 0.1) is 0 Å². The van der Waals surface area contributed by atoms with Crippen molar-refractivity contribution < 1.29 is 0 Å². The minimum atomic E-state index is 0.777. The Morgan fingerprint density at radius 1 is 0.889 bits per heavy atom. The Balaban J connectivity index is 2.05. The average molecular weight is 260 g/mol. The zero-order valence-corrected chi connectivity index (χ0v) is 11.4. The smallest absolute Gasteiger partial charge is 0.0406 e.